The number of hydrogen-bond acceptors (Lipinski definition) is 1. The minimum Gasteiger partial charge on any atom is -0.327 e. The molecule has 0 amide bonds. The Balaban J connectivity index is 3.12. The second-order valence-electron chi connectivity index (χ2n) is 10.5. The second-order valence-corrected chi connectivity index (χ2v) is 10.5. The molecule has 182 valence electrons. The summed E-state index contributed by atoms with van der Waals surface area (Å²) in [5, 5.41) is 0. The fraction of sp³-hybridized carbons (Fsp3) is 0.677. The van der Waals surface area contributed by atoms with Crippen molar-refractivity contribution in [3.05, 3.63) is 59.3 Å². The number of allylic oxidation sites excluding steroid dienone is 7. The van der Waals surface area contributed by atoms with E-state index in [0.717, 1.165) is 25.7 Å². The maximum atomic E-state index is 6.36. The summed E-state index contributed by atoms with van der Waals surface area (Å²) in [4.78, 5) is 0. The quantitative estimate of drug-likeness (QED) is 0.188. The summed E-state index contributed by atoms with van der Waals surface area (Å²) in [6.45, 7) is 26.9. The zero-order valence-corrected chi connectivity index (χ0v) is 22.6. The minimum atomic E-state index is 0.178. The van der Waals surface area contributed by atoms with Gasteiger partial charge in [-0.25, -0.2) is 0 Å². The average Bonchev–Trinajstić information content (AvgIpc) is 3.48. The van der Waals surface area contributed by atoms with Gasteiger partial charge in [0.05, 0.1) is 0 Å². The van der Waals surface area contributed by atoms with E-state index in [0.29, 0.717) is 29.6 Å². The molecule has 0 heterocycles. The molecule has 5 unspecified atom stereocenters. The Morgan fingerprint density at radius 3 is 2.19 bits per heavy atom. The van der Waals surface area contributed by atoms with Gasteiger partial charge in [0.1, 0.15) is 0 Å². The van der Waals surface area contributed by atoms with Crippen LogP contribution in [0.5, 0.6) is 0 Å². The van der Waals surface area contributed by atoms with Gasteiger partial charge in [-0.3, -0.25) is 0 Å². The highest BCUT2D eigenvalue weighted by molar-refractivity contribution is 5.44. The smallest absolute Gasteiger partial charge is 0.00761 e. The second kappa shape index (κ2) is 14.0. The number of nitrogens with two attached hydrogens (primary N) is 1. The molecule has 0 saturated heterocycles. The van der Waals surface area contributed by atoms with Gasteiger partial charge in [0.2, 0.25) is 0 Å². The number of rotatable bonds is 16. The van der Waals surface area contributed by atoms with Crippen molar-refractivity contribution >= 4 is 0 Å². The SMILES string of the molecule is C=CC(=CCC1=C(C(C(=C)CC(C)C)C(C)CCC)C1)C(CC)C(=CC)C(CC)C(C)N. The molecule has 0 aromatic rings. The molecular weight excluding hydrogens is 386 g/mol. The normalized spacial score (nSPS) is 19.6. The van der Waals surface area contributed by atoms with Crippen molar-refractivity contribution in [3.63, 3.8) is 0 Å². The van der Waals surface area contributed by atoms with Gasteiger partial charge in [-0.05, 0) is 69.3 Å². The van der Waals surface area contributed by atoms with Crippen LogP contribution in [0.1, 0.15) is 100 Å². The molecule has 0 aromatic carbocycles. The van der Waals surface area contributed by atoms with Crippen LogP contribution in [0.15, 0.2) is 59.3 Å². The summed E-state index contributed by atoms with van der Waals surface area (Å²) >= 11 is 0. The third-order valence-corrected chi connectivity index (χ3v) is 7.40. The van der Waals surface area contributed by atoms with E-state index < -0.39 is 0 Å². The van der Waals surface area contributed by atoms with Crippen LogP contribution in [0.25, 0.3) is 0 Å². The summed E-state index contributed by atoms with van der Waals surface area (Å²) in [5.74, 6) is 2.79. The van der Waals surface area contributed by atoms with Crippen molar-refractivity contribution < 1.29 is 0 Å². The molecule has 1 aliphatic rings. The van der Waals surface area contributed by atoms with Crippen LogP contribution in [-0.2, 0) is 0 Å². The summed E-state index contributed by atoms with van der Waals surface area (Å²) in [6, 6.07) is 0.178. The van der Waals surface area contributed by atoms with Crippen LogP contribution in [0.3, 0.4) is 0 Å². The van der Waals surface area contributed by atoms with Gasteiger partial charge in [-0.1, -0.05) is 108 Å². The molecule has 0 bridgehead atoms. The van der Waals surface area contributed by atoms with Crippen LogP contribution in [0.2, 0.25) is 0 Å². The monoisotopic (exact) mass is 439 g/mol. The minimum absolute atomic E-state index is 0.178. The van der Waals surface area contributed by atoms with Gasteiger partial charge in [-0.15, -0.1) is 0 Å². The van der Waals surface area contributed by atoms with E-state index >= 15 is 0 Å². The highest BCUT2D eigenvalue weighted by atomic mass is 14.6. The Labute approximate surface area is 201 Å². The van der Waals surface area contributed by atoms with E-state index in [9.17, 15) is 0 Å². The third-order valence-electron chi connectivity index (χ3n) is 7.40. The number of hydrogen-bond donors (Lipinski definition) is 1. The highest BCUT2D eigenvalue weighted by Gasteiger charge is 2.33. The molecule has 0 spiro atoms. The first-order valence-electron chi connectivity index (χ1n) is 13.3. The fourth-order valence-corrected chi connectivity index (χ4v) is 5.84. The molecule has 5 atom stereocenters. The largest absolute Gasteiger partial charge is 0.327 e. The lowest BCUT2D eigenvalue weighted by Crippen LogP contribution is -2.30. The first kappa shape index (κ1) is 28.7. The van der Waals surface area contributed by atoms with E-state index in [2.05, 4.69) is 86.8 Å². The fourth-order valence-electron chi connectivity index (χ4n) is 5.84. The van der Waals surface area contributed by atoms with E-state index in [4.69, 9.17) is 5.73 Å². The topological polar surface area (TPSA) is 26.0 Å². The first-order valence-corrected chi connectivity index (χ1v) is 13.3. The van der Waals surface area contributed by atoms with Gasteiger partial charge in [0.15, 0.2) is 0 Å². The Kier molecular flexibility index (Phi) is 12.6. The van der Waals surface area contributed by atoms with Crippen LogP contribution < -0.4 is 5.73 Å². The van der Waals surface area contributed by atoms with Crippen molar-refractivity contribution in [2.45, 2.75) is 106 Å². The Morgan fingerprint density at radius 2 is 1.75 bits per heavy atom. The maximum Gasteiger partial charge on any atom is 0.00761 e. The van der Waals surface area contributed by atoms with E-state index in [1.165, 1.54) is 36.0 Å². The zero-order valence-electron chi connectivity index (χ0n) is 22.6. The molecular formula is C31H53N. The standard InChI is InChI=1S/C31H53N/c1-11-16-22(8)31(23(9)19-21(6)7)30-20-26(30)18-17-25(12-2)28(14-4)29(15-5)27(13-3)24(10)32/h12,15,17,21-22,24,27-28,31H,2,9,11,13-14,16,18-20,32H2,1,3-8,10H3. The third kappa shape index (κ3) is 7.91. The molecule has 1 aliphatic carbocycles. The lowest BCUT2D eigenvalue weighted by atomic mass is 9.77. The molecule has 0 fully saturated rings. The van der Waals surface area contributed by atoms with Gasteiger partial charge in [0, 0.05) is 17.9 Å². The van der Waals surface area contributed by atoms with Crippen molar-refractivity contribution in [1.29, 1.82) is 0 Å². The summed E-state index contributed by atoms with van der Waals surface area (Å²) in [5.41, 5.74) is 14.0. The Hall–Kier alpha value is -1.34. The summed E-state index contributed by atoms with van der Waals surface area (Å²) in [6.07, 6.45) is 15.0. The van der Waals surface area contributed by atoms with Gasteiger partial charge >= 0.3 is 0 Å². The molecule has 2 N–H and O–H groups in total. The van der Waals surface area contributed by atoms with Crippen molar-refractivity contribution in [1.82, 2.24) is 0 Å². The van der Waals surface area contributed by atoms with E-state index in [1.807, 2.05) is 0 Å². The molecule has 0 aromatic heterocycles. The maximum absolute atomic E-state index is 6.36. The summed E-state index contributed by atoms with van der Waals surface area (Å²) < 4.78 is 0. The van der Waals surface area contributed by atoms with Gasteiger partial charge in [-0.2, -0.15) is 0 Å². The molecule has 1 rings (SSSR count). The van der Waals surface area contributed by atoms with Gasteiger partial charge < -0.3 is 5.73 Å². The lowest BCUT2D eigenvalue weighted by molar-refractivity contribution is 0.412. The first-order chi connectivity index (χ1) is 15.2. The van der Waals surface area contributed by atoms with Crippen LogP contribution >= 0.6 is 0 Å². The van der Waals surface area contributed by atoms with Crippen molar-refractivity contribution in [2.75, 3.05) is 0 Å². The predicted molar refractivity (Wildman–Crippen MR) is 146 cm³/mol. The molecule has 32 heavy (non-hydrogen) atoms. The van der Waals surface area contributed by atoms with Crippen LogP contribution in [0.4, 0.5) is 0 Å². The lowest BCUT2D eigenvalue weighted by Gasteiger charge is -2.30. The zero-order chi connectivity index (χ0) is 24.4. The van der Waals surface area contributed by atoms with Crippen molar-refractivity contribution in [2.24, 2.45) is 35.3 Å². The Bertz CT molecular complexity index is 700. The van der Waals surface area contributed by atoms with E-state index in [1.54, 1.807) is 11.1 Å². The van der Waals surface area contributed by atoms with Crippen LogP contribution in [-0.4, -0.2) is 6.04 Å². The molecule has 0 radical (unpaired) electrons. The molecule has 1 nitrogen and oxygen atoms in total. The van der Waals surface area contributed by atoms with Gasteiger partial charge in [0.25, 0.3) is 0 Å². The Morgan fingerprint density at radius 1 is 1.09 bits per heavy atom. The molecule has 0 saturated carbocycles. The molecule has 1 heteroatoms. The predicted octanol–water partition coefficient (Wildman–Crippen LogP) is 9.19. The molecule has 0 aliphatic heterocycles. The average molecular weight is 440 g/mol. The van der Waals surface area contributed by atoms with Crippen molar-refractivity contribution in [3.8, 4) is 0 Å². The van der Waals surface area contributed by atoms with Crippen LogP contribution in [0, 0.1) is 29.6 Å². The summed E-state index contributed by atoms with van der Waals surface area (Å²) in [7, 11) is 0. The van der Waals surface area contributed by atoms with E-state index in [-0.39, 0.29) is 6.04 Å². The highest BCUT2D eigenvalue weighted by Crippen LogP contribution is 2.48.